The number of hydrogen-bond acceptors (Lipinski definition) is 6. The maximum atomic E-state index is 12.7. The van der Waals surface area contributed by atoms with Gasteiger partial charge in [0.15, 0.2) is 0 Å². The number of rotatable bonds is 7. The maximum Gasteiger partial charge on any atom is 0.497 e. The lowest BCUT2D eigenvalue weighted by Crippen LogP contribution is -2.24. The maximum absolute atomic E-state index is 12.7. The van der Waals surface area contributed by atoms with E-state index >= 15 is 0 Å². The van der Waals surface area contributed by atoms with Gasteiger partial charge in [-0.05, 0) is 24.6 Å². The van der Waals surface area contributed by atoms with Crippen LogP contribution in [0.2, 0.25) is 0 Å². The molecule has 0 saturated heterocycles. The molecule has 0 aliphatic carbocycles. The zero-order chi connectivity index (χ0) is 21.9. The Hall–Kier alpha value is -2.46. The van der Waals surface area contributed by atoms with Crippen molar-refractivity contribution < 1.29 is 26.3 Å². The van der Waals surface area contributed by atoms with Gasteiger partial charge < -0.3 is 4.74 Å². The number of alkyl halides is 3. The predicted octanol–water partition coefficient (Wildman–Crippen LogP) is 5.27. The molecule has 3 rings (SSSR count). The summed E-state index contributed by atoms with van der Waals surface area (Å²) in [7, 11) is -4.02. The van der Waals surface area contributed by atoms with E-state index in [9.17, 15) is 21.6 Å². The van der Waals surface area contributed by atoms with Gasteiger partial charge in [-0.2, -0.15) is 13.2 Å². The lowest BCUT2D eigenvalue weighted by atomic mass is 10.1. The first-order valence-electron chi connectivity index (χ1n) is 9.01. The highest BCUT2D eigenvalue weighted by Gasteiger charge is 2.45. The number of methoxy groups -OCH3 is 1. The Morgan fingerprint density at radius 2 is 1.90 bits per heavy atom. The van der Waals surface area contributed by atoms with Crippen LogP contribution in [0.3, 0.4) is 0 Å². The first kappa shape index (κ1) is 22.2. The smallest absolute Gasteiger partial charge is 0.496 e. The Bertz CT molecular complexity index is 1140. The zero-order valence-corrected chi connectivity index (χ0v) is 17.9. The van der Waals surface area contributed by atoms with E-state index in [1.807, 2.05) is 17.5 Å². The lowest BCUT2D eigenvalue weighted by molar-refractivity contribution is -0.0437. The first-order valence-corrected chi connectivity index (χ1v) is 11.5. The molecule has 0 atom stereocenters. The van der Waals surface area contributed by atoms with Gasteiger partial charge in [0, 0.05) is 34.0 Å². The van der Waals surface area contributed by atoms with E-state index in [1.165, 1.54) is 36.6 Å². The fourth-order valence-electron chi connectivity index (χ4n) is 2.85. The Balaban J connectivity index is 1.90. The molecule has 0 saturated carbocycles. The lowest BCUT2D eigenvalue weighted by Gasteiger charge is -2.12. The van der Waals surface area contributed by atoms with Crippen molar-refractivity contribution in [2.75, 3.05) is 7.11 Å². The summed E-state index contributed by atoms with van der Waals surface area (Å²) in [5.74, 6) is -1.12. The van der Waals surface area contributed by atoms with Gasteiger partial charge in [0.2, 0.25) is 0 Å². The van der Waals surface area contributed by atoms with Crippen molar-refractivity contribution in [1.82, 2.24) is 9.97 Å². The molecule has 0 bridgehead atoms. The molecule has 1 aromatic carbocycles. The van der Waals surface area contributed by atoms with Gasteiger partial charge in [0.1, 0.15) is 10.8 Å². The van der Waals surface area contributed by atoms with Crippen LogP contribution in [-0.2, 0) is 22.0 Å². The Kier molecular flexibility index (Phi) is 6.47. The van der Waals surface area contributed by atoms with Gasteiger partial charge in [-0.15, -0.1) is 11.3 Å². The molecule has 0 spiro atoms. The summed E-state index contributed by atoms with van der Waals surface area (Å²) in [5, 5.41) is 2.61. The van der Waals surface area contributed by atoms with Gasteiger partial charge in [-0.1, -0.05) is 25.5 Å². The molecule has 10 heteroatoms. The van der Waals surface area contributed by atoms with Gasteiger partial charge in [0.05, 0.1) is 18.6 Å². The van der Waals surface area contributed by atoms with Crippen LogP contribution in [0, 0.1) is 0 Å². The zero-order valence-electron chi connectivity index (χ0n) is 16.2. The first-order chi connectivity index (χ1) is 14.1. The number of ether oxygens (including phenoxy) is 1. The topological polar surface area (TPSA) is 69.2 Å². The number of nitrogens with zero attached hydrogens (tertiary/aromatic N) is 2. The number of aryl methyl sites for hydroxylation is 1. The van der Waals surface area contributed by atoms with Crippen molar-refractivity contribution in [3.63, 3.8) is 0 Å². The monoisotopic (exact) mass is 456 g/mol. The van der Waals surface area contributed by atoms with Crippen LogP contribution < -0.4 is 4.74 Å². The number of halogens is 3. The molecule has 0 aliphatic rings. The van der Waals surface area contributed by atoms with Crippen molar-refractivity contribution in [1.29, 1.82) is 0 Å². The largest absolute Gasteiger partial charge is 0.497 e. The fraction of sp³-hybridized carbons (Fsp3) is 0.300. The predicted molar refractivity (Wildman–Crippen MR) is 110 cm³/mol. The number of aromatic nitrogens is 2. The second-order valence-electron chi connectivity index (χ2n) is 6.56. The van der Waals surface area contributed by atoms with Gasteiger partial charge in [-0.3, -0.25) is 4.98 Å². The summed E-state index contributed by atoms with van der Waals surface area (Å²) in [5.41, 5.74) is -2.24. The van der Waals surface area contributed by atoms with Crippen molar-refractivity contribution in [3.8, 4) is 27.6 Å². The Morgan fingerprint density at radius 1 is 1.13 bits per heavy atom. The molecule has 0 N–H and O–H groups in total. The summed E-state index contributed by atoms with van der Waals surface area (Å²) in [4.78, 5) is 8.94. The molecular formula is C20H19F3N2O3S2. The molecule has 5 nitrogen and oxygen atoms in total. The second kappa shape index (κ2) is 8.73. The van der Waals surface area contributed by atoms with E-state index in [2.05, 4.69) is 16.9 Å². The molecule has 0 aliphatic heterocycles. The van der Waals surface area contributed by atoms with E-state index in [-0.39, 0.29) is 11.3 Å². The number of hydrogen-bond donors (Lipinski definition) is 0. The third-order valence-electron chi connectivity index (χ3n) is 4.35. The minimum absolute atomic E-state index is 0.0593. The second-order valence-corrected chi connectivity index (χ2v) is 9.39. The van der Waals surface area contributed by atoms with Crippen molar-refractivity contribution in [2.24, 2.45) is 0 Å². The highest BCUT2D eigenvalue weighted by atomic mass is 32.2. The highest BCUT2D eigenvalue weighted by molar-refractivity contribution is 7.91. The average molecular weight is 457 g/mol. The fourth-order valence-corrected chi connectivity index (χ4v) is 4.49. The molecular weight excluding hydrogens is 437 g/mol. The summed E-state index contributed by atoms with van der Waals surface area (Å²) < 4.78 is 66.2. The molecule has 160 valence electrons. The number of benzene rings is 1. The third-order valence-corrected chi connectivity index (χ3v) is 6.64. The van der Waals surface area contributed by atoms with Gasteiger partial charge in [-0.25, -0.2) is 13.4 Å². The van der Waals surface area contributed by atoms with E-state index in [1.54, 1.807) is 6.20 Å². The molecule has 2 aromatic heterocycles. The Morgan fingerprint density at radius 3 is 2.57 bits per heavy atom. The van der Waals surface area contributed by atoms with Crippen LogP contribution in [-0.4, -0.2) is 31.0 Å². The summed E-state index contributed by atoms with van der Waals surface area (Å²) >= 11 is 1.43. The van der Waals surface area contributed by atoms with Crippen molar-refractivity contribution >= 4 is 21.2 Å². The molecule has 3 aromatic rings. The molecule has 0 fully saturated rings. The van der Waals surface area contributed by atoms with E-state index in [4.69, 9.17) is 4.74 Å². The van der Waals surface area contributed by atoms with E-state index in [0.717, 1.165) is 29.1 Å². The highest BCUT2D eigenvalue weighted by Crippen LogP contribution is 2.34. The minimum atomic E-state index is -5.32. The number of pyridine rings is 1. The molecule has 0 amide bonds. The van der Waals surface area contributed by atoms with Crippen molar-refractivity contribution in [2.45, 2.75) is 31.0 Å². The average Bonchev–Trinajstić information content (AvgIpc) is 3.18. The standard InChI is InChI=1S/C20H19F3N2O3S2/c1-3-4-16-9-14(7-8-24-16)19-25-17(11-29-19)13-5-6-15(18(10-13)28-2)12-30(26,27)20(21,22)23/h5-11H,3-4,12H2,1-2H3. The molecule has 2 heterocycles. The van der Waals surface area contributed by atoms with Crippen molar-refractivity contribution in [3.05, 3.63) is 53.2 Å². The molecule has 0 unspecified atom stereocenters. The third kappa shape index (κ3) is 4.81. The van der Waals surface area contributed by atoms with E-state index < -0.39 is 21.1 Å². The summed E-state index contributed by atoms with van der Waals surface area (Å²) in [6, 6.07) is 8.21. The number of thiazole rings is 1. The quantitative estimate of drug-likeness (QED) is 0.485. The van der Waals surface area contributed by atoms with Crippen LogP contribution >= 0.6 is 11.3 Å². The van der Waals surface area contributed by atoms with Gasteiger partial charge in [0.25, 0.3) is 9.84 Å². The van der Waals surface area contributed by atoms with Crippen LogP contribution in [0.25, 0.3) is 21.8 Å². The normalized spacial score (nSPS) is 12.2. The SMILES string of the molecule is CCCc1cc(-c2nc(-c3ccc(CS(=O)(=O)C(F)(F)F)c(OC)c3)cs2)ccn1. The van der Waals surface area contributed by atoms with Crippen LogP contribution in [0.4, 0.5) is 13.2 Å². The molecule has 0 radical (unpaired) electrons. The van der Waals surface area contributed by atoms with Crippen LogP contribution in [0.15, 0.2) is 41.9 Å². The van der Waals surface area contributed by atoms with Gasteiger partial charge >= 0.3 is 5.51 Å². The van der Waals surface area contributed by atoms with Crippen LogP contribution in [0.1, 0.15) is 24.6 Å². The molecule has 30 heavy (non-hydrogen) atoms. The van der Waals surface area contributed by atoms with E-state index in [0.29, 0.717) is 11.3 Å². The minimum Gasteiger partial charge on any atom is -0.496 e. The summed E-state index contributed by atoms with van der Waals surface area (Å²) in [6.45, 7) is 2.08. The number of sulfone groups is 1. The Labute approximate surface area is 176 Å². The summed E-state index contributed by atoms with van der Waals surface area (Å²) in [6.07, 6.45) is 3.58. The van der Waals surface area contributed by atoms with Crippen LogP contribution in [0.5, 0.6) is 5.75 Å².